The fourth-order valence-electron chi connectivity index (χ4n) is 2.71. The number of nitrogens with two attached hydrogens (primary N) is 1. The number of anilines is 1. The van der Waals surface area contributed by atoms with Crippen LogP contribution in [0, 0.1) is 6.92 Å². The van der Waals surface area contributed by atoms with E-state index < -0.39 is 0 Å². The maximum atomic E-state index is 6.25. The first-order chi connectivity index (χ1) is 9.72. The molecule has 0 aliphatic heterocycles. The fraction of sp³-hybridized carbons (Fsp3) is 0.235. The van der Waals surface area contributed by atoms with Crippen LogP contribution in [0.1, 0.15) is 29.9 Å². The molecular formula is C17H17N3. The molecule has 0 bridgehead atoms. The predicted molar refractivity (Wildman–Crippen MR) is 81.8 cm³/mol. The first-order valence-corrected chi connectivity index (χ1v) is 7.07. The van der Waals surface area contributed by atoms with Crippen LogP contribution in [0.5, 0.6) is 0 Å². The molecule has 0 radical (unpaired) electrons. The van der Waals surface area contributed by atoms with Crippen LogP contribution in [0.15, 0.2) is 42.6 Å². The number of rotatable bonds is 2. The molecule has 2 aromatic heterocycles. The van der Waals surface area contributed by atoms with Gasteiger partial charge in [0.1, 0.15) is 17.2 Å². The van der Waals surface area contributed by atoms with Gasteiger partial charge in [-0.15, -0.1) is 0 Å². The average Bonchev–Trinajstić information content (AvgIpc) is 3.26. The van der Waals surface area contributed by atoms with Crippen LogP contribution >= 0.6 is 0 Å². The van der Waals surface area contributed by atoms with Gasteiger partial charge in [0.05, 0.1) is 0 Å². The van der Waals surface area contributed by atoms with E-state index in [0.717, 1.165) is 22.8 Å². The van der Waals surface area contributed by atoms with Crippen molar-refractivity contribution in [1.29, 1.82) is 0 Å². The van der Waals surface area contributed by atoms with Crippen LogP contribution in [0.25, 0.3) is 16.9 Å². The third kappa shape index (κ3) is 1.78. The van der Waals surface area contributed by atoms with Gasteiger partial charge < -0.3 is 5.73 Å². The summed E-state index contributed by atoms with van der Waals surface area (Å²) in [7, 11) is 0. The minimum atomic E-state index is 0.711. The topological polar surface area (TPSA) is 43.3 Å². The molecule has 1 fully saturated rings. The highest BCUT2D eigenvalue weighted by Gasteiger charge is 2.23. The molecule has 0 spiro atoms. The molecule has 0 saturated heterocycles. The molecule has 3 aromatic rings. The Hall–Kier alpha value is -2.29. The molecule has 0 atom stereocenters. The van der Waals surface area contributed by atoms with E-state index in [1.807, 2.05) is 16.7 Å². The first-order valence-electron chi connectivity index (χ1n) is 7.07. The van der Waals surface area contributed by atoms with E-state index in [4.69, 9.17) is 5.73 Å². The van der Waals surface area contributed by atoms with Crippen molar-refractivity contribution < 1.29 is 0 Å². The Morgan fingerprint density at radius 2 is 1.85 bits per heavy atom. The van der Waals surface area contributed by atoms with Gasteiger partial charge in [-0.25, -0.2) is 4.98 Å². The highest BCUT2D eigenvalue weighted by molar-refractivity contribution is 5.75. The Morgan fingerprint density at radius 3 is 2.55 bits per heavy atom. The molecule has 2 heterocycles. The number of aromatic nitrogens is 2. The van der Waals surface area contributed by atoms with Crippen molar-refractivity contribution >= 4 is 11.5 Å². The molecular weight excluding hydrogens is 246 g/mol. The van der Waals surface area contributed by atoms with Gasteiger partial charge in [0.2, 0.25) is 0 Å². The summed E-state index contributed by atoms with van der Waals surface area (Å²) in [4.78, 5) is 4.65. The Kier molecular flexibility index (Phi) is 2.36. The third-order valence-electron chi connectivity index (χ3n) is 4.04. The number of pyridine rings is 1. The molecule has 1 aliphatic carbocycles. The van der Waals surface area contributed by atoms with E-state index in [2.05, 4.69) is 42.2 Å². The van der Waals surface area contributed by atoms with Crippen molar-refractivity contribution in [3.63, 3.8) is 0 Å². The molecule has 0 unspecified atom stereocenters. The van der Waals surface area contributed by atoms with Crippen LogP contribution in [-0.4, -0.2) is 9.38 Å². The van der Waals surface area contributed by atoms with Crippen molar-refractivity contribution in [3.8, 4) is 11.3 Å². The molecule has 0 amide bonds. The Labute approximate surface area is 118 Å². The van der Waals surface area contributed by atoms with Crippen LogP contribution in [0.4, 0.5) is 5.82 Å². The minimum absolute atomic E-state index is 0.711. The Bertz CT molecular complexity index is 780. The van der Waals surface area contributed by atoms with E-state index in [1.165, 1.54) is 24.0 Å². The lowest BCUT2D eigenvalue weighted by molar-refractivity contribution is 1.13. The van der Waals surface area contributed by atoms with E-state index in [-0.39, 0.29) is 0 Å². The summed E-state index contributed by atoms with van der Waals surface area (Å²) in [6.45, 7) is 2.06. The molecule has 1 aromatic carbocycles. The average molecular weight is 263 g/mol. The van der Waals surface area contributed by atoms with Crippen LogP contribution in [0.2, 0.25) is 0 Å². The van der Waals surface area contributed by atoms with Crippen molar-refractivity contribution in [2.75, 3.05) is 5.73 Å². The number of hydrogen-bond donors (Lipinski definition) is 1. The summed E-state index contributed by atoms with van der Waals surface area (Å²) in [5, 5.41) is 0. The van der Waals surface area contributed by atoms with Crippen LogP contribution < -0.4 is 5.73 Å². The van der Waals surface area contributed by atoms with Gasteiger partial charge in [-0.3, -0.25) is 4.40 Å². The largest absolute Gasteiger partial charge is 0.383 e. The third-order valence-corrected chi connectivity index (χ3v) is 4.04. The molecule has 3 nitrogen and oxygen atoms in total. The number of nitrogen functional groups attached to an aromatic ring is 1. The van der Waals surface area contributed by atoms with Gasteiger partial charge in [-0.2, -0.15) is 0 Å². The maximum Gasteiger partial charge on any atom is 0.139 e. The van der Waals surface area contributed by atoms with Crippen LogP contribution in [-0.2, 0) is 0 Å². The Balaban J connectivity index is 1.82. The molecule has 4 rings (SSSR count). The summed E-state index contributed by atoms with van der Waals surface area (Å²) in [5.74, 6) is 1.49. The molecule has 1 aliphatic rings. The minimum Gasteiger partial charge on any atom is -0.383 e. The molecule has 2 N–H and O–H groups in total. The molecule has 1 saturated carbocycles. The molecule has 3 heteroatoms. The zero-order valence-corrected chi connectivity index (χ0v) is 11.5. The van der Waals surface area contributed by atoms with Gasteiger partial charge in [0, 0.05) is 11.8 Å². The summed E-state index contributed by atoms with van der Waals surface area (Å²) < 4.78 is 1.96. The molecule has 100 valence electrons. The normalized spacial score (nSPS) is 14.8. The van der Waals surface area contributed by atoms with Crippen molar-refractivity contribution in [2.45, 2.75) is 25.7 Å². The number of benzene rings is 1. The number of fused-ring (bicyclic) bond motifs is 1. The van der Waals surface area contributed by atoms with E-state index in [0.29, 0.717) is 5.82 Å². The van der Waals surface area contributed by atoms with Crippen molar-refractivity contribution in [1.82, 2.24) is 9.38 Å². The maximum absolute atomic E-state index is 6.25. The summed E-state index contributed by atoms with van der Waals surface area (Å²) in [5.41, 5.74) is 11.7. The zero-order valence-electron chi connectivity index (χ0n) is 11.5. The molecule has 20 heavy (non-hydrogen) atoms. The quantitative estimate of drug-likeness (QED) is 0.764. The highest BCUT2D eigenvalue weighted by Crippen LogP contribution is 2.40. The second-order valence-electron chi connectivity index (χ2n) is 5.68. The van der Waals surface area contributed by atoms with E-state index in [1.54, 1.807) is 0 Å². The standard InChI is InChI=1S/C17H17N3/c1-11-2-9-15-19-16(17(18)20(15)10-11)14-7-5-13(6-8-14)12-3-4-12/h2,5-10,12H,3-4,18H2,1H3. The summed E-state index contributed by atoms with van der Waals surface area (Å²) in [6, 6.07) is 12.8. The van der Waals surface area contributed by atoms with E-state index in [9.17, 15) is 0 Å². The zero-order chi connectivity index (χ0) is 13.7. The van der Waals surface area contributed by atoms with E-state index >= 15 is 0 Å². The van der Waals surface area contributed by atoms with Gasteiger partial charge in [-0.05, 0) is 42.9 Å². The van der Waals surface area contributed by atoms with Crippen LogP contribution in [0.3, 0.4) is 0 Å². The first kappa shape index (κ1) is 11.5. The number of nitrogens with zero attached hydrogens (tertiary/aromatic N) is 2. The monoisotopic (exact) mass is 263 g/mol. The second-order valence-corrected chi connectivity index (χ2v) is 5.68. The summed E-state index contributed by atoms with van der Waals surface area (Å²) in [6.07, 6.45) is 4.68. The lowest BCUT2D eigenvalue weighted by atomic mass is 10.1. The number of aryl methyl sites for hydroxylation is 1. The second kappa shape index (κ2) is 4.10. The lowest BCUT2D eigenvalue weighted by Crippen LogP contribution is -1.94. The Morgan fingerprint density at radius 1 is 1.10 bits per heavy atom. The van der Waals surface area contributed by atoms with Gasteiger partial charge in [-0.1, -0.05) is 30.3 Å². The van der Waals surface area contributed by atoms with Crippen molar-refractivity contribution in [3.05, 3.63) is 53.7 Å². The van der Waals surface area contributed by atoms with Gasteiger partial charge >= 0.3 is 0 Å². The SMILES string of the molecule is Cc1ccc2nc(-c3ccc(C4CC4)cc3)c(N)n2c1. The number of hydrogen-bond acceptors (Lipinski definition) is 2. The van der Waals surface area contributed by atoms with Gasteiger partial charge in [0.25, 0.3) is 0 Å². The lowest BCUT2D eigenvalue weighted by Gasteiger charge is -2.02. The predicted octanol–water partition coefficient (Wildman–Crippen LogP) is 3.77. The highest BCUT2D eigenvalue weighted by atomic mass is 15.1. The number of imidazole rings is 1. The van der Waals surface area contributed by atoms with Gasteiger partial charge in [0.15, 0.2) is 0 Å². The fourth-order valence-corrected chi connectivity index (χ4v) is 2.71. The smallest absolute Gasteiger partial charge is 0.139 e. The van der Waals surface area contributed by atoms with Crippen molar-refractivity contribution in [2.24, 2.45) is 0 Å². The summed E-state index contributed by atoms with van der Waals surface area (Å²) >= 11 is 0.